The number of amides is 2. The Hall–Kier alpha value is -2.63. The van der Waals surface area contributed by atoms with Crippen molar-refractivity contribution in [1.82, 2.24) is 19.8 Å². The van der Waals surface area contributed by atoms with Crippen molar-refractivity contribution in [2.24, 2.45) is 5.92 Å². The number of fused-ring (bicyclic) bond motifs is 1. The molecule has 0 bridgehead atoms. The number of aromatic nitrogens is 2. The van der Waals surface area contributed by atoms with E-state index in [4.69, 9.17) is 0 Å². The van der Waals surface area contributed by atoms with Crippen molar-refractivity contribution in [2.45, 2.75) is 59.5 Å². The fraction of sp³-hybridized carbons (Fsp3) is 0.522. The molecule has 0 atom stereocenters. The first-order valence-corrected chi connectivity index (χ1v) is 10.7. The molecule has 3 rings (SSSR count). The van der Waals surface area contributed by atoms with Gasteiger partial charge in [0.05, 0.1) is 5.69 Å². The van der Waals surface area contributed by atoms with E-state index in [0.29, 0.717) is 37.1 Å². The number of hydrogen-bond donors (Lipinski definition) is 1. The van der Waals surface area contributed by atoms with Gasteiger partial charge in [0.15, 0.2) is 5.82 Å². The average Bonchev–Trinajstić information content (AvgIpc) is 3.12. The third kappa shape index (κ3) is 5.05. The normalized spacial score (nSPS) is 13.2. The Morgan fingerprint density at radius 2 is 1.97 bits per heavy atom. The van der Waals surface area contributed by atoms with E-state index in [1.54, 1.807) is 4.90 Å². The molecule has 0 unspecified atom stereocenters. The van der Waals surface area contributed by atoms with Crippen molar-refractivity contribution in [2.75, 3.05) is 13.1 Å². The van der Waals surface area contributed by atoms with Crippen molar-refractivity contribution < 1.29 is 9.59 Å². The highest BCUT2D eigenvalue weighted by molar-refractivity contribution is 5.97. The van der Waals surface area contributed by atoms with Gasteiger partial charge in [-0.2, -0.15) is 0 Å². The number of nitrogens with zero attached hydrogens (tertiary/aromatic N) is 3. The van der Waals surface area contributed by atoms with E-state index in [0.717, 1.165) is 43.5 Å². The van der Waals surface area contributed by atoms with Gasteiger partial charge in [-0.15, -0.1) is 0 Å². The van der Waals surface area contributed by atoms with Gasteiger partial charge in [-0.25, -0.2) is 4.98 Å². The van der Waals surface area contributed by atoms with E-state index in [1.807, 2.05) is 41.8 Å². The van der Waals surface area contributed by atoms with Gasteiger partial charge in [0, 0.05) is 26.2 Å². The highest BCUT2D eigenvalue weighted by Gasteiger charge is 2.29. The zero-order chi connectivity index (χ0) is 20.8. The topological polar surface area (TPSA) is 67.2 Å². The van der Waals surface area contributed by atoms with Crippen LogP contribution in [0, 0.1) is 5.92 Å². The number of rotatable bonds is 8. The molecule has 2 amide bonds. The van der Waals surface area contributed by atoms with Gasteiger partial charge in [0.25, 0.3) is 11.8 Å². The molecule has 1 aliphatic rings. The van der Waals surface area contributed by atoms with Crippen LogP contribution in [-0.2, 0) is 19.5 Å². The largest absolute Gasteiger partial charge is 0.351 e. The van der Waals surface area contributed by atoms with E-state index in [1.165, 1.54) is 0 Å². The van der Waals surface area contributed by atoms with Crippen LogP contribution in [0.3, 0.4) is 0 Å². The van der Waals surface area contributed by atoms with Crippen molar-refractivity contribution in [3.8, 4) is 0 Å². The Morgan fingerprint density at radius 1 is 1.21 bits per heavy atom. The maximum absolute atomic E-state index is 13.3. The number of carbonyl (C=O) groups excluding carboxylic acids is 2. The second-order valence-electron chi connectivity index (χ2n) is 8.08. The van der Waals surface area contributed by atoms with Gasteiger partial charge in [0.2, 0.25) is 0 Å². The van der Waals surface area contributed by atoms with Crippen LogP contribution in [0.15, 0.2) is 30.3 Å². The Bertz CT molecular complexity index is 842. The van der Waals surface area contributed by atoms with Gasteiger partial charge in [0.1, 0.15) is 5.69 Å². The van der Waals surface area contributed by atoms with Gasteiger partial charge in [-0.1, -0.05) is 44.2 Å². The van der Waals surface area contributed by atoms with Crippen LogP contribution in [0.5, 0.6) is 0 Å². The molecule has 1 N–H and O–H groups in total. The molecule has 0 aliphatic carbocycles. The second-order valence-corrected chi connectivity index (χ2v) is 8.08. The quantitative estimate of drug-likeness (QED) is 0.740. The fourth-order valence-corrected chi connectivity index (χ4v) is 3.72. The first kappa shape index (κ1) is 21.1. The monoisotopic (exact) mass is 396 g/mol. The summed E-state index contributed by atoms with van der Waals surface area (Å²) in [5, 5.41) is 2.98. The molecule has 1 aromatic heterocycles. The smallest absolute Gasteiger partial charge is 0.290 e. The molecule has 2 aromatic rings. The average molecular weight is 397 g/mol. The SMILES string of the molecule is CCN(Cc1ccccc1)C(=O)c1nc(C(=O)NCCC(C)C)c2n1CCCC2. The molecule has 156 valence electrons. The standard InChI is InChI=1S/C23H32N4O2/c1-4-26(16-18-10-6-5-7-11-18)23(29)21-25-20(19-12-8-9-15-27(19)21)22(28)24-14-13-17(2)3/h5-7,10-11,17H,4,8-9,12-16H2,1-3H3,(H,24,28). The van der Waals surface area contributed by atoms with Crippen molar-refractivity contribution >= 4 is 11.8 Å². The molecule has 6 heteroatoms. The summed E-state index contributed by atoms with van der Waals surface area (Å²) >= 11 is 0. The first-order chi connectivity index (χ1) is 14.0. The van der Waals surface area contributed by atoms with Crippen LogP contribution < -0.4 is 5.32 Å². The maximum atomic E-state index is 13.3. The molecule has 1 aliphatic heterocycles. The summed E-state index contributed by atoms with van der Waals surface area (Å²) in [4.78, 5) is 32.4. The van der Waals surface area contributed by atoms with Crippen molar-refractivity contribution in [3.63, 3.8) is 0 Å². The minimum absolute atomic E-state index is 0.110. The van der Waals surface area contributed by atoms with Crippen LogP contribution in [-0.4, -0.2) is 39.4 Å². The number of imidazole rings is 1. The van der Waals surface area contributed by atoms with Crippen LogP contribution in [0.25, 0.3) is 0 Å². The van der Waals surface area contributed by atoms with Gasteiger partial charge in [-0.3, -0.25) is 9.59 Å². The number of benzene rings is 1. The maximum Gasteiger partial charge on any atom is 0.290 e. The molecule has 6 nitrogen and oxygen atoms in total. The Morgan fingerprint density at radius 3 is 2.66 bits per heavy atom. The fourth-order valence-electron chi connectivity index (χ4n) is 3.72. The highest BCUT2D eigenvalue weighted by Crippen LogP contribution is 2.22. The molecule has 2 heterocycles. The summed E-state index contributed by atoms with van der Waals surface area (Å²) < 4.78 is 1.97. The number of carbonyl (C=O) groups is 2. The summed E-state index contributed by atoms with van der Waals surface area (Å²) in [5.41, 5.74) is 2.41. The van der Waals surface area contributed by atoms with Gasteiger partial charge >= 0.3 is 0 Å². The third-order valence-corrected chi connectivity index (χ3v) is 5.42. The highest BCUT2D eigenvalue weighted by atomic mass is 16.2. The van der Waals surface area contributed by atoms with Crippen LogP contribution >= 0.6 is 0 Å². The lowest BCUT2D eigenvalue weighted by molar-refractivity contribution is 0.0734. The van der Waals surface area contributed by atoms with E-state index in [9.17, 15) is 9.59 Å². The molecular formula is C23H32N4O2. The summed E-state index contributed by atoms with van der Waals surface area (Å²) in [7, 11) is 0. The number of nitrogens with one attached hydrogen (secondary N) is 1. The third-order valence-electron chi connectivity index (χ3n) is 5.42. The van der Waals surface area contributed by atoms with Gasteiger partial charge in [-0.05, 0) is 44.1 Å². The van der Waals surface area contributed by atoms with E-state index < -0.39 is 0 Å². The molecule has 0 fully saturated rings. The molecule has 0 radical (unpaired) electrons. The van der Waals surface area contributed by atoms with Gasteiger partial charge < -0.3 is 14.8 Å². The second kappa shape index (κ2) is 9.72. The van der Waals surface area contributed by atoms with Crippen LogP contribution in [0.4, 0.5) is 0 Å². The summed E-state index contributed by atoms with van der Waals surface area (Å²) in [5.74, 6) is 0.646. The molecule has 1 aromatic carbocycles. The Balaban J connectivity index is 1.83. The lowest BCUT2D eigenvalue weighted by Crippen LogP contribution is -2.33. The van der Waals surface area contributed by atoms with E-state index in [2.05, 4.69) is 24.1 Å². The lowest BCUT2D eigenvalue weighted by Gasteiger charge is -2.22. The predicted octanol–water partition coefficient (Wildman–Crippen LogP) is 3.66. The Labute approximate surface area is 173 Å². The number of hydrogen-bond acceptors (Lipinski definition) is 3. The van der Waals surface area contributed by atoms with E-state index in [-0.39, 0.29) is 11.8 Å². The summed E-state index contributed by atoms with van der Waals surface area (Å²) in [6, 6.07) is 9.96. The zero-order valence-electron chi connectivity index (χ0n) is 17.8. The minimum Gasteiger partial charge on any atom is -0.351 e. The molecule has 0 spiro atoms. The van der Waals surface area contributed by atoms with Crippen LogP contribution in [0.2, 0.25) is 0 Å². The van der Waals surface area contributed by atoms with E-state index >= 15 is 0 Å². The van der Waals surface area contributed by atoms with Crippen molar-refractivity contribution in [1.29, 1.82) is 0 Å². The first-order valence-electron chi connectivity index (χ1n) is 10.7. The summed E-state index contributed by atoms with van der Waals surface area (Å²) in [6.07, 6.45) is 3.74. The predicted molar refractivity (Wildman–Crippen MR) is 114 cm³/mol. The van der Waals surface area contributed by atoms with Crippen LogP contribution in [0.1, 0.15) is 72.4 Å². The zero-order valence-corrected chi connectivity index (χ0v) is 17.8. The van der Waals surface area contributed by atoms with Crippen molar-refractivity contribution in [3.05, 3.63) is 53.1 Å². The molecule has 0 saturated carbocycles. The molecule has 0 saturated heterocycles. The lowest BCUT2D eigenvalue weighted by atomic mass is 10.1. The minimum atomic E-state index is -0.165. The Kier molecular flexibility index (Phi) is 7.07. The molecular weight excluding hydrogens is 364 g/mol. The summed E-state index contributed by atoms with van der Waals surface area (Å²) in [6.45, 7) is 8.73. The molecule has 29 heavy (non-hydrogen) atoms.